The second kappa shape index (κ2) is 6.60. The second-order valence-corrected chi connectivity index (χ2v) is 5.02. The largest absolute Gasteiger partial charge is 0.481 e. The van der Waals surface area contributed by atoms with E-state index in [4.69, 9.17) is 28.3 Å². The van der Waals surface area contributed by atoms with Gasteiger partial charge < -0.3 is 5.11 Å². The summed E-state index contributed by atoms with van der Waals surface area (Å²) in [5.74, 6) is -0.941. The number of nitrogens with zero attached hydrogens (tertiary/aromatic N) is 1. The Kier molecular flexibility index (Phi) is 5.41. The van der Waals surface area contributed by atoms with E-state index in [0.717, 1.165) is 0 Å². The Morgan fingerprint density at radius 3 is 2.63 bits per heavy atom. The van der Waals surface area contributed by atoms with Crippen LogP contribution in [0.3, 0.4) is 0 Å². The van der Waals surface area contributed by atoms with Gasteiger partial charge in [0, 0.05) is 6.42 Å². The average Bonchev–Trinajstić information content (AvgIpc) is 2.38. The highest BCUT2D eigenvalue weighted by Crippen LogP contribution is 2.36. The van der Waals surface area contributed by atoms with Gasteiger partial charge in [-0.15, -0.1) is 6.58 Å². The fourth-order valence-electron chi connectivity index (χ4n) is 1.89. The fraction of sp³-hybridized carbons (Fsp3) is 0.286. The van der Waals surface area contributed by atoms with E-state index < -0.39 is 11.4 Å². The first-order chi connectivity index (χ1) is 8.95. The van der Waals surface area contributed by atoms with Crippen LogP contribution in [0.1, 0.15) is 24.8 Å². The maximum Gasteiger partial charge on any atom is 0.303 e. The number of carbonyl (C=O) groups is 1. The van der Waals surface area contributed by atoms with Gasteiger partial charge in [-0.3, -0.25) is 4.79 Å². The van der Waals surface area contributed by atoms with Gasteiger partial charge >= 0.3 is 5.97 Å². The number of carboxylic acid groups (broad SMARTS) is 1. The molecule has 1 atom stereocenters. The number of hydrogen-bond acceptors (Lipinski definition) is 2. The number of allylic oxidation sites excluding steroid dienone is 1. The zero-order valence-electron chi connectivity index (χ0n) is 10.2. The first-order valence-corrected chi connectivity index (χ1v) is 6.40. The molecule has 0 amide bonds. The first kappa shape index (κ1) is 15.6. The van der Waals surface area contributed by atoms with E-state index in [9.17, 15) is 10.1 Å². The molecule has 0 spiro atoms. The van der Waals surface area contributed by atoms with Crippen LogP contribution in [0.5, 0.6) is 0 Å². The third-order valence-corrected chi connectivity index (χ3v) is 3.68. The van der Waals surface area contributed by atoms with Crippen LogP contribution in [-0.2, 0) is 10.2 Å². The van der Waals surface area contributed by atoms with E-state index in [1.165, 1.54) is 0 Å². The Morgan fingerprint density at radius 2 is 2.16 bits per heavy atom. The van der Waals surface area contributed by atoms with Gasteiger partial charge in [-0.2, -0.15) is 5.26 Å². The predicted molar refractivity (Wildman–Crippen MR) is 75.4 cm³/mol. The summed E-state index contributed by atoms with van der Waals surface area (Å²) in [7, 11) is 0. The molecule has 0 bridgehead atoms. The van der Waals surface area contributed by atoms with Crippen molar-refractivity contribution < 1.29 is 9.90 Å². The maximum atomic E-state index is 10.7. The van der Waals surface area contributed by atoms with Crippen molar-refractivity contribution >= 4 is 29.2 Å². The molecule has 0 heterocycles. The quantitative estimate of drug-likeness (QED) is 0.801. The lowest BCUT2D eigenvalue weighted by atomic mass is 9.75. The summed E-state index contributed by atoms with van der Waals surface area (Å²) in [6.45, 7) is 3.63. The molecule has 0 saturated carbocycles. The fourth-order valence-corrected chi connectivity index (χ4v) is 2.19. The Labute approximate surface area is 122 Å². The van der Waals surface area contributed by atoms with E-state index in [1.54, 1.807) is 24.3 Å². The summed E-state index contributed by atoms with van der Waals surface area (Å²) < 4.78 is 0. The zero-order chi connectivity index (χ0) is 14.5. The second-order valence-electron chi connectivity index (χ2n) is 4.21. The van der Waals surface area contributed by atoms with Crippen LogP contribution in [0, 0.1) is 11.3 Å². The number of nitriles is 1. The molecule has 1 aromatic carbocycles. The average molecular weight is 298 g/mol. The van der Waals surface area contributed by atoms with Crippen LogP contribution in [0.15, 0.2) is 30.9 Å². The maximum absolute atomic E-state index is 10.7. The molecular weight excluding hydrogens is 285 g/mol. The molecule has 0 aromatic heterocycles. The molecule has 1 rings (SSSR count). The molecule has 0 aliphatic rings. The van der Waals surface area contributed by atoms with Gasteiger partial charge in [0.25, 0.3) is 0 Å². The smallest absolute Gasteiger partial charge is 0.303 e. The molecule has 0 saturated heterocycles. The molecule has 0 aliphatic heterocycles. The van der Waals surface area contributed by atoms with Crippen molar-refractivity contribution in [1.82, 2.24) is 0 Å². The summed E-state index contributed by atoms with van der Waals surface area (Å²) in [5, 5.41) is 19.0. The lowest BCUT2D eigenvalue weighted by Gasteiger charge is -2.25. The van der Waals surface area contributed by atoms with Crippen LogP contribution in [0.4, 0.5) is 0 Å². The Balaban J connectivity index is 3.21. The highest BCUT2D eigenvalue weighted by atomic mass is 35.5. The Hall–Kier alpha value is -1.50. The number of halogens is 2. The first-order valence-electron chi connectivity index (χ1n) is 5.64. The molecule has 0 fully saturated rings. The SMILES string of the molecule is C=CCC(C#N)(CCC(=O)O)c1ccc(Cl)c(Cl)c1. The summed E-state index contributed by atoms with van der Waals surface area (Å²) >= 11 is 11.8. The van der Waals surface area contributed by atoms with Crippen molar-refractivity contribution in [3.8, 4) is 6.07 Å². The molecule has 0 radical (unpaired) electrons. The Bertz CT molecular complexity index is 537. The number of carboxylic acids is 1. The van der Waals surface area contributed by atoms with Gasteiger partial charge in [-0.1, -0.05) is 35.3 Å². The van der Waals surface area contributed by atoms with Crippen molar-refractivity contribution in [3.63, 3.8) is 0 Å². The summed E-state index contributed by atoms with van der Waals surface area (Å²) in [4.78, 5) is 10.7. The minimum atomic E-state index is -0.941. The molecule has 1 aromatic rings. The van der Waals surface area contributed by atoms with E-state index in [-0.39, 0.29) is 12.8 Å². The van der Waals surface area contributed by atoms with Gasteiger partial charge in [0.15, 0.2) is 0 Å². The molecule has 1 N–H and O–H groups in total. The minimum Gasteiger partial charge on any atom is -0.481 e. The number of hydrogen-bond donors (Lipinski definition) is 1. The summed E-state index contributed by atoms with van der Waals surface area (Å²) in [6, 6.07) is 7.11. The monoisotopic (exact) mass is 297 g/mol. The van der Waals surface area contributed by atoms with Crippen LogP contribution >= 0.6 is 23.2 Å². The van der Waals surface area contributed by atoms with Crippen molar-refractivity contribution in [2.75, 3.05) is 0 Å². The standard InChI is InChI=1S/C14H13Cl2NO2/c1-2-6-14(9-17,7-5-13(18)19)10-3-4-11(15)12(16)8-10/h2-4,8H,1,5-7H2,(H,18,19). The van der Waals surface area contributed by atoms with Crippen LogP contribution in [-0.4, -0.2) is 11.1 Å². The normalized spacial score (nSPS) is 13.3. The molecule has 5 heteroatoms. The molecule has 3 nitrogen and oxygen atoms in total. The predicted octanol–water partition coefficient (Wildman–Crippen LogP) is 4.20. The van der Waals surface area contributed by atoms with E-state index in [0.29, 0.717) is 22.0 Å². The van der Waals surface area contributed by atoms with E-state index in [2.05, 4.69) is 12.6 Å². The third-order valence-electron chi connectivity index (χ3n) is 2.94. The molecule has 0 aliphatic carbocycles. The number of aliphatic carboxylic acids is 1. The highest BCUT2D eigenvalue weighted by Gasteiger charge is 2.32. The third kappa shape index (κ3) is 3.73. The topological polar surface area (TPSA) is 61.1 Å². The van der Waals surface area contributed by atoms with Crippen molar-refractivity contribution in [3.05, 3.63) is 46.5 Å². The van der Waals surface area contributed by atoms with Crippen LogP contribution in [0.25, 0.3) is 0 Å². The number of benzene rings is 1. The van der Waals surface area contributed by atoms with E-state index >= 15 is 0 Å². The van der Waals surface area contributed by atoms with Crippen molar-refractivity contribution in [2.45, 2.75) is 24.7 Å². The van der Waals surface area contributed by atoms with E-state index in [1.807, 2.05) is 0 Å². The lowest BCUT2D eigenvalue weighted by molar-refractivity contribution is -0.137. The van der Waals surface area contributed by atoms with Gasteiger partial charge in [-0.25, -0.2) is 0 Å². The minimum absolute atomic E-state index is 0.0956. The van der Waals surface area contributed by atoms with Gasteiger partial charge in [0.2, 0.25) is 0 Å². The van der Waals surface area contributed by atoms with Crippen LogP contribution in [0.2, 0.25) is 10.0 Å². The van der Waals surface area contributed by atoms with Gasteiger partial charge in [0.05, 0.1) is 21.5 Å². The molecule has 19 heavy (non-hydrogen) atoms. The summed E-state index contributed by atoms with van der Waals surface area (Å²) in [6.07, 6.45) is 2.06. The van der Waals surface area contributed by atoms with Gasteiger partial charge in [0.1, 0.15) is 0 Å². The molecule has 1 unspecified atom stereocenters. The highest BCUT2D eigenvalue weighted by molar-refractivity contribution is 6.42. The number of rotatable bonds is 6. The van der Waals surface area contributed by atoms with Gasteiger partial charge in [-0.05, 0) is 30.5 Å². The summed E-state index contributed by atoms with van der Waals surface area (Å²) in [5.41, 5.74) is -0.278. The van der Waals surface area contributed by atoms with Crippen molar-refractivity contribution in [1.29, 1.82) is 5.26 Å². The zero-order valence-corrected chi connectivity index (χ0v) is 11.7. The lowest BCUT2D eigenvalue weighted by Crippen LogP contribution is -2.24. The molecule has 100 valence electrons. The Morgan fingerprint density at radius 1 is 1.47 bits per heavy atom. The van der Waals surface area contributed by atoms with Crippen LogP contribution < -0.4 is 0 Å². The van der Waals surface area contributed by atoms with Crippen molar-refractivity contribution in [2.24, 2.45) is 0 Å². The molecular formula is C14H13Cl2NO2.